The average molecular weight is 286 g/mol. The summed E-state index contributed by atoms with van der Waals surface area (Å²) in [5.41, 5.74) is 8.88. The third-order valence-corrected chi connectivity index (χ3v) is 3.99. The van der Waals surface area contributed by atoms with Crippen LogP contribution in [0.4, 0.5) is 5.95 Å². The van der Waals surface area contributed by atoms with Gasteiger partial charge in [0.15, 0.2) is 0 Å². The van der Waals surface area contributed by atoms with Crippen LogP contribution in [0.1, 0.15) is 11.6 Å². The Hall–Kier alpha value is -2.20. The first-order chi connectivity index (χ1) is 9.75. The molecule has 1 aliphatic heterocycles. The molecular formula is C15H12ClN3O. The second-order valence-corrected chi connectivity index (χ2v) is 5.22. The molecular weight excluding hydrogens is 274 g/mol. The highest BCUT2D eigenvalue weighted by molar-refractivity contribution is 6.35. The molecule has 0 bridgehead atoms. The predicted molar refractivity (Wildman–Crippen MR) is 79.2 cm³/mol. The van der Waals surface area contributed by atoms with E-state index in [4.69, 9.17) is 22.1 Å². The average Bonchev–Trinajstić information content (AvgIpc) is 3.00. The van der Waals surface area contributed by atoms with Crippen molar-refractivity contribution >= 4 is 28.6 Å². The van der Waals surface area contributed by atoms with Crippen LogP contribution in [0.3, 0.4) is 0 Å². The summed E-state index contributed by atoms with van der Waals surface area (Å²) < 4.78 is 7.72. The lowest BCUT2D eigenvalue weighted by Gasteiger charge is -2.13. The number of nitrogens with zero attached hydrogens (tertiary/aromatic N) is 2. The molecule has 0 fully saturated rings. The minimum absolute atomic E-state index is 0.0367. The third kappa shape index (κ3) is 1.51. The van der Waals surface area contributed by atoms with Gasteiger partial charge >= 0.3 is 0 Å². The van der Waals surface area contributed by atoms with Gasteiger partial charge in [0.2, 0.25) is 5.95 Å². The minimum Gasteiger partial charge on any atom is -0.491 e. The first-order valence-electron chi connectivity index (χ1n) is 6.39. The molecule has 4 rings (SSSR count). The van der Waals surface area contributed by atoms with Gasteiger partial charge < -0.3 is 10.5 Å². The molecule has 5 heteroatoms. The Morgan fingerprint density at radius 3 is 2.95 bits per heavy atom. The number of halogens is 1. The number of aromatic nitrogens is 2. The lowest BCUT2D eigenvalue weighted by atomic mass is 10.1. The number of ether oxygens (including phenoxy) is 1. The normalized spacial score (nSPS) is 17.1. The molecule has 3 aromatic rings. The lowest BCUT2D eigenvalue weighted by Crippen LogP contribution is -2.14. The number of anilines is 1. The highest BCUT2D eigenvalue weighted by Crippen LogP contribution is 2.38. The number of hydrogen-bond donors (Lipinski definition) is 1. The largest absolute Gasteiger partial charge is 0.491 e. The molecule has 2 N–H and O–H groups in total. The fourth-order valence-electron chi connectivity index (χ4n) is 2.79. The van der Waals surface area contributed by atoms with Gasteiger partial charge in [-0.05, 0) is 18.2 Å². The zero-order valence-electron chi connectivity index (χ0n) is 10.6. The number of nitrogens with two attached hydrogens (primary N) is 1. The Bertz CT molecular complexity index is 812. The molecule has 0 amide bonds. The quantitative estimate of drug-likeness (QED) is 0.747. The Labute approximate surface area is 120 Å². The second-order valence-electron chi connectivity index (χ2n) is 4.81. The summed E-state index contributed by atoms with van der Waals surface area (Å²) in [4.78, 5) is 4.38. The van der Waals surface area contributed by atoms with Crippen molar-refractivity contribution in [3.8, 4) is 5.75 Å². The molecule has 1 aromatic heterocycles. The van der Waals surface area contributed by atoms with Crippen molar-refractivity contribution in [3.63, 3.8) is 0 Å². The first-order valence-corrected chi connectivity index (χ1v) is 6.77. The van der Waals surface area contributed by atoms with Crippen LogP contribution in [0.15, 0.2) is 42.5 Å². The fourth-order valence-corrected chi connectivity index (χ4v) is 3.00. The molecule has 1 unspecified atom stereocenters. The van der Waals surface area contributed by atoms with Crippen LogP contribution in [0.25, 0.3) is 11.0 Å². The number of hydrogen-bond acceptors (Lipinski definition) is 3. The van der Waals surface area contributed by atoms with Gasteiger partial charge in [0.05, 0.1) is 16.6 Å². The van der Waals surface area contributed by atoms with Crippen molar-refractivity contribution < 1.29 is 4.74 Å². The van der Waals surface area contributed by atoms with Crippen molar-refractivity contribution in [1.29, 1.82) is 0 Å². The Morgan fingerprint density at radius 2 is 2.05 bits per heavy atom. The van der Waals surface area contributed by atoms with Gasteiger partial charge in [0, 0.05) is 5.56 Å². The molecule has 0 aliphatic carbocycles. The van der Waals surface area contributed by atoms with Crippen LogP contribution in [0.2, 0.25) is 5.02 Å². The van der Waals surface area contributed by atoms with E-state index < -0.39 is 0 Å². The smallest absolute Gasteiger partial charge is 0.201 e. The van der Waals surface area contributed by atoms with E-state index in [1.54, 1.807) is 0 Å². The summed E-state index contributed by atoms with van der Waals surface area (Å²) in [5, 5.41) is 0.611. The van der Waals surface area contributed by atoms with Crippen LogP contribution in [0, 0.1) is 0 Å². The molecule has 0 saturated carbocycles. The highest BCUT2D eigenvalue weighted by Gasteiger charge is 2.28. The van der Waals surface area contributed by atoms with Gasteiger partial charge in [-0.15, -0.1) is 0 Å². The van der Waals surface area contributed by atoms with Crippen molar-refractivity contribution in [1.82, 2.24) is 9.55 Å². The summed E-state index contributed by atoms with van der Waals surface area (Å²) in [6, 6.07) is 13.7. The molecule has 2 heterocycles. The maximum Gasteiger partial charge on any atom is 0.201 e. The van der Waals surface area contributed by atoms with E-state index in [-0.39, 0.29) is 6.04 Å². The summed E-state index contributed by atoms with van der Waals surface area (Å²) in [7, 11) is 0. The fraction of sp³-hybridized carbons (Fsp3) is 0.133. The monoisotopic (exact) mass is 285 g/mol. The molecule has 100 valence electrons. The first kappa shape index (κ1) is 11.6. The maximum absolute atomic E-state index is 6.19. The molecule has 4 nitrogen and oxygen atoms in total. The number of fused-ring (bicyclic) bond motifs is 2. The van der Waals surface area contributed by atoms with Crippen LogP contribution >= 0.6 is 11.6 Å². The molecule has 20 heavy (non-hydrogen) atoms. The van der Waals surface area contributed by atoms with Crippen molar-refractivity contribution in [2.24, 2.45) is 0 Å². The minimum atomic E-state index is 0.0367. The van der Waals surface area contributed by atoms with E-state index in [0.29, 0.717) is 17.6 Å². The number of para-hydroxylation sites is 2. The number of benzene rings is 2. The molecule has 2 aromatic carbocycles. The predicted octanol–water partition coefficient (Wildman–Crippen LogP) is 3.25. The standard InChI is InChI=1S/C15H12ClN3O/c16-10-5-3-6-11-14(10)18-15(17)19(11)12-8-20-13-7-2-1-4-9(12)13/h1-7,12H,8H2,(H2,17,18). The van der Waals surface area contributed by atoms with Crippen molar-refractivity contribution in [2.75, 3.05) is 12.3 Å². The Morgan fingerprint density at radius 1 is 1.20 bits per heavy atom. The number of rotatable bonds is 1. The molecule has 0 spiro atoms. The van der Waals surface area contributed by atoms with E-state index in [0.717, 1.165) is 22.3 Å². The van der Waals surface area contributed by atoms with Gasteiger partial charge in [0.25, 0.3) is 0 Å². The topological polar surface area (TPSA) is 53.1 Å². The van der Waals surface area contributed by atoms with Crippen LogP contribution < -0.4 is 10.5 Å². The van der Waals surface area contributed by atoms with Gasteiger partial charge in [-0.25, -0.2) is 4.98 Å². The van der Waals surface area contributed by atoms with Gasteiger partial charge in [0.1, 0.15) is 17.9 Å². The van der Waals surface area contributed by atoms with E-state index in [2.05, 4.69) is 11.1 Å². The second kappa shape index (κ2) is 4.15. The van der Waals surface area contributed by atoms with Gasteiger partial charge in [-0.3, -0.25) is 4.57 Å². The molecule has 0 radical (unpaired) electrons. The summed E-state index contributed by atoms with van der Waals surface area (Å²) in [6.07, 6.45) is 0. The van der Waals surface area contributed by atoms with E-state index in [1.807, 2.05) is 41.0 Å². The number of imidazole rings is 1. The van der Waals surface area contributed by atoms with E-state index >= 15 is 0 Å². The molecule has 1 aliphatic rings. The van der Waals surface area contributed by atoms with E-state index in [9.17, 15) is 0 Å². The van der Waals surface area contributed by atoms with Crippen molar-refractivity contribution in [2.45, 2.75) is 6.04 Å². The SMILES string of the molecule is Nc1nc2c(Cl)cccc2n1C1COc2ccccc21. The lowest BCUT2D eigenvalue weighted by molar-refractivity contribution is 0.320. The molecule has 1 atom stereocenters. The van der Waals surface area contributed by atoms with Gasteiger partial charge in [-0.2, -0.15) is 0 Å². The van der Waals surface area contributed by atoms with Crippen molar-refractivity contribution in [3.05, 3.63) is 53.1 Å². The number of nitrogen functional groups attached to an aromatic ring is 1. The Kier molecular flexibility index (Phi) is 2.41. The molecule has 0 saturated heterocycles. The third-order valence-electron chi connectivity index (χ3n) is 3.68. The summed E-state index contributed by atoms with van der Waals surface area (Å²) >= 11 is 6.19. The van der Waals surface area contributed by atoms with E-state index in [1.165, 1.54) is 0 Å². The maximum atomic E-state index is 6.19. The Balaban J connectivity index is 1.96. The van der Waals surface area contributed by atoms with Crippen LogP contribution in [-0.4, -0.2) is 16.2 Å². The zero-order valence-corrected chi connectivity index (χ0v) is 11.3. The van der Waals surface area contributed by atoms with Gasteiger partial charge in [-0.1, -0.05) is 35.9 Å². The van der Waals surface area contributed by atoms with Crippen LogP contribution in [0.5, 0.6) is 5.75 Å². The summed E-state index contributed by atoms with van der Waals surface area (Å²) in [5.74, 6) is 1.36. The summed E-state index contributed by atoms with van der Waals surface area (Å²) in [6.45, 7) is 0.557. The zero-order chi connectivity index (χ0) is 13.7. The highest BCUT2D eigenvalue weighted by atomic mass is 35.5. The van der Waals surface area contributed by atoms with Crippen LogP contribution in [-0.2, 0) is 0 Å².